The summed E-state index contributed by atoms with van der Waals surface area (Å²) in [5.74, 6) is 0. The number of fused-ring (bicyclic) bond motifs is 3. The van der Waals surface area contributed by atoms with Crippen molar-refractivity contribution in [2.75, 3.05) is 0 Å². The van der Waals surface area contributed by atoms with Gasteiger partial charge < -0.3 is 0 Å². The summed E-state index contributed by atoms with van der Waals surface area (Å²) in [6.07, 6.45) is 7.30. The van der Waals surface area contributed by atoms with Crippen molar-refractivity contribution in [3.8, 4) is 0 Å². The summed E-state index contributed by atoms with van der Waals surface area (Å²) in [5.41, 5.74) is 3.86. The topological polar surface area (TPSA) is 34.9 Å². The maximum absolute atomic E-state index is 12.9. The molecule has 1 aromatic carbocycles. The van der Waals surface area contributed by atoms with E-state index < -0.39 is 0 Å². The first kappa shape index (κ1) is 14.6. The van der Waals surface area contributed by atoms with Gasteiger partial charge in [0.25, 0.3) is 5.56 Å². The van der Waals surface area contributed by atoms with Gasteiger partial charge in [0, 0.05) is 4.88 Å². The maximum atomic E-state index is 12.9. The summed E-state index contributed by atoms with van der Waals surface area (Å²) in [6, 6.07) is 8.49. The molecule has 4 rings (SSSR count). The van der Waals surface area contributed by atoms with Crippen LogP contribution in [-0.4, -0.2) is 9.55 Å². The molecule has 0 bridgehead atoms. The fourth-order valence-corrected chi connectivity index (χ4v) is 4.59. The predicted octanol–water partition coefficient (Wildman–Crippen LogP) is 3.95. The van der Waals surface area contributed by atoms with Crippen LogP contribution in [0.2, 0.25) is 0 Å². The normalized spacial score (nSPS) is 14.1. The van der Waals surface area contributed by atoms with E-state index in [2.05, 4.69) is 36.2 Å². The van der Waals surface area contributed by atoms with Gasteiger partial charge in [-0.25, -0.2) is 4.98 Å². The molecule has 0 spiro atoms. The van der Waals surface area contributed by atoms with Crippen LogP contribution >= 0.6 is 11.3 Å². The molecule has 118 valence electrons. The zero-order valence-corrected chi connectivity index (χ0v) is 14.2. The number of hydrogen-bond donors (Lipinski definition) is 0. The van der Waals surface area contributed by atoms with Crippen LogP contribution in [0.4, 0.5) is 0 Å². The predicted molar refractivity (Wildman–Crippen MR) is 95.4 cm³/mol. The lowest BCUT2D eigenvalue weighted by molar-refractivity contribution is 0.697. The van der Waals surface area contributed by atoms with E-state index >= 15 is 0 Å². The molecule has 0 atom stereocenters. The Labute approximate surface area is 139 Å². The van der Waals surface area contributed by atoms with Crippen molar-refractivity contribution < 1.29 is 0 Å². The lowest BCUT2D eigenvalue weighted by Crippen LogP contribution is -2.21. The third-order valence-electron chi connectivity index (χ3n) is 4.73. The van der Waals surface area contributed by atoms with Crippen LogP contribution in [0.1, 0.15) is 41.3 Å². The van der Waals surface area contributed by atoms with Gasteiger partial charge in [-0.1, -0.05) is 31.2 Å². The third kappa shape index (κ3) is 2.61. The number of benzene rings is 1. The smallest absolute Gasteiger partial charge is 0.262 e. The van der Waals surface area contributed by atoms with Gasteiger partial charge >= 0.3 is 0 Å². The number of aryl methyl sites for hydroxylation is 3. The van der Waals surface area contributed by atoms with Crippen molar-refractivity contribution in [1.29, 1.82) is 0 Å². The highest BCUT2D eigenvalue weighted by Gasteiger charge is 2.19. The standard InChI is InChI=1S/C19H20N2OS/c1-2-13-7-9-14(10-8-13)11-21-12-20-18-17(19(21)22)15-5-3-4-6-16(15)23-18/h7-10,12H,2-6,11H2,1H3. The Hall–Kier alpha value is -1.94. The molecule has 2 heterocycles. The largest absolute Gasteiger partial charge is 0.294 e. The number of hydrogen-bond acceptors (Lipinski definition) is 3. The van der Waals surface area contributed by atoms with Gasteiger partial charge in [0.1, 0.15) is 4.83 Å². The molecule has 3 nitrogen and oxygen atoms in total. The van der Waals surface area contributed by atoms with E-state index in [1.54, 1.807) is 22.2 Å². The molecular weight excluding hydrogens is 304 g/mol. The van der Waals surface area contributed by atoms with Crippen LogP contribution < -0.4 is 5.56 Å². The second-order valence-corrected chi connectivity index (χ2v) is 7.32. The number of rotatable bonds is 3. The van der Waals surface area contributed by atoms with Crippen LogP contribution in [0.15, 0.2) is 35.4 Å². The minimum atomic E-state index is 0.119. The second-order valence-electron chi connectivity index (χ2n) is 6.24. The van der Waals surface area contributed by atoms with Crippen molar-refractivity contribution in [3.05, 3.63) is 62.5 Å². The molecule has 1 aliphatic carbocycles. The average Bonchev–Trinajstić information content (AvgIpc) is 2.97. The summed E-state index contributed by atoms with van der Waals surface area (Å²) in [4.78, 5) is 19.8. The lowest BCUT2D eigenvalue weighted by Gasteiger charge is -2.10. The van der Waals surface area contributed by atoms with E-state index in [9.17, 15) is 4.79 Å². The van der Waals surface area contributed by atoms with Gasteiger partial charge in [-0.3, -0.25) is 9.36 Å². The maximum Gasteiger partial charge on any atom is 0.262 e. The number of thiophene rings is 1. The molecule has 0 saturated heterocycles. The molecule has 4 heteroatoms. The van der Waals surface area contributed by atoms with Crippen LogP contribution in [0.25, 0.3) is 10.2 Å². The van der Waals surface area contributed by atoms with Crippen LogP contribution in [0.3, 0.4) is 0 Å². The molecule has 2 aromatic heterocycles. The zero-order valence-electron chi connectivity index (χ0n) is 13.3. The Morgan fingerprint density at radius 2 is 1.87 bits per heavy atom. The molecule has 0 radical (unpaired) electrons. The van der Waals surface area contributed by atoms with E-state index in [4.69, 9.17) is 0 Å². The summed E-state index contributed by atoms with van der Waals surface area (Å²) in [5, 5.41) is 0.873. The first-order valence-corrected chi connectivity index (χ1v) is 9.15. The van der Waals surface area contributed by atoms with Crippen molar-refractivity contribution >= 4 is 21.6 Å². The molecule has 23 heavy (non-hydrogen) atoms. The quantitative estimate of drug-likeness (QED) is 0.731. The molecule has 0 amide bonds. The molecule has 0 N–H and O–H groups in total. The van der Waals surface area contributed by atoms with Crippen molar-refractivity contribution in [2.24, 2.45) is 0 Å². The van der Waals surface area contributed by atoms with Crippen LogP contribution in [0, 0.1) is 0 Å². The molecule has 1 aliphatic rings. The van der Waals surface area contributed by atoms with Crippen molar-refractivity contribution in [1.82, 2.24) is 9.55 Å². The first-order chi connectivity index (χ1) is 11.3. The molecule has 0 aliphatic heterocycles. The van der Waals surface area contributed by atoms with Gasteiger partial charge in [0.2, 0.25) is 0 Å². The van der Waals surface area contributed by atoms with Gasteiger partial charge in [-0.05, 0) is 48.8 Å². The molecule has 0 saturated carbocycles. The van der Waals surface area contributed by atoms with E-state index in [1.807, 2.05) is 0 Å². The van der Waals surface area contributed by atoms with Crippen LogP contribution in [-0.2, 0) is 25.8 Å². The number of aromatic nitrogens is 2. The minimum absolute atomic E-state index is 0.119. The lowest BCUT2D eigenvalue weighted by atomic mass is 9.97. The summed E-state index contributed by atoms with van der Waals surface area (Å²) < 4.78 is 1.75. The Kier molecular flexibility index (Phi) is 3.77. The second kappa shape index (κ2) is 5.93. The Bertz CT molecular complexity index is 906. The van der Waals surface area contributed by atoms with Crippen molar-refractivity contribution in [2.45, 2.75) is 45.6 Å². The first-order valence-electron chi connectivity index (χ1n) is 8.33. The van der Waals surface area contributed by atoms with E-state index in [0.717, 1.165) is 35.0 Å². The van der Waals surface area contributed by atoms with Crippen molar-refractivity contribution in [3.63, 3.8) is 0 Å². The molecule has 0 unspecified atom stereocenters. The average molecular weight is 324 g/mol. The number of nitrogens with zero attached hydrogens (tertiary/aromatic N) is 2. The van der Waals surface area contributed by atoms with Crippen LogP contribution in [0.5, 0.6) is 0 Å². The molecule has 3 aromatic rings. The monoisotopic (exact) mass is 324 g/mol. The third-order valence-corrected chi connectivity index (χ3v) is 5.93. The molecular formula is C19H20N2OS. The summed E-state index contributed by atoms with van der Waals surface area (Å²) in [7, 11) is 0. The fourth-order valence-electron chi connectivity index (χ4n) is 3.37. The SMILES string of the molecule is CCc1ccc(Cn2cnc3sc4c(c3c2=O)CCCC4)cc1. The Balaban J connectivity index is 1.75. The van der Waals surface area contributed by atoms with Gasteiger partial charge in [0.15, 0.2) is 0 Å². The zero-order chi connectivity index (χ0) is 15.8. The summed E-state index contributed by atoms with van der Waals surface area (Å²) in [6.45, 7) is 2.74. The summed E-state index contributed by atoms with van der Waals surface area (Å²) >= 11 is 1.71. The van der Waals surface area contributed by atoms with E-state index in [1.165, 1.54) is 28.8 Å². The van der Waals surface area contributed by atoms with Gasteiger partial charge in [-0.2, -0.15) is 0 Å². The van der Waals surface area contributed by atoms with E-state index in [0.29, 0.717) is 6.54 Å². The highest BCUT2D eigenvalue weighted by Crippen LogP contribution is 2.33. The molecule has 0 fully saturated rings. The van der Waals surface area contributed by atoms with E-state index in [-0.39, 0.29) is 5.56 Å². The Morgan fingerprint density at radius 3 is 2.65 bits per heavy atom. The Morgan fingerprint density at radius 1 is 1.13 bits per heavy atom. The highest BCUT2D eigenvalue weighted by atomic mass is 32.1. The minimum Gasteiger partial charge on any atom is -0.294 e. The van der Waals surface area contributed by atoms with Gasteiger partial charge in [-0.15, -0.1) is 11.3 Å². The fraction of sp³-hybridized carbons (Fsp3) is 0.368. The highest BCUT2D eigenvalue weighted by molar-refractivity contribution is 7.18. The van der Waals surface area contributed by atoms with Gasteiger partial charge in [0.05, 0.1) is 18.3 Å².